The molecule has 0 aliphatic rings. The predicted octanol–water partition coefficient (Wildman–Crippen LogP) is 6.14. The van der Waals surface area contributed by atoms with E-state index in [0.29, 0.717) is 46.2 Å². The molecule has 9 heteroatoms. The minimum Gasteiger partial charge on any atom is -0.497 e. The number of methoxy groups -OCH3 is 1. The van der Waals surface area contributed by atoms with E-state index in [1.165, 1.54) is 11.5 Å². The van der Waals surface area contributed by atoms with Crippen LogP contribution in [0, 0.1) is 0 Å². The first-order valence-electron chi connectivity index (χ1n) is 10.9. The zero-order valence-corrected chi connectivity index (χ0v) is 21.3. The summed E-state index contributed by atoms with van der Waals surface area (Å²) in [4.78, 5) is 16.8. The molecule has 4 rings (SSSR count). The third-order valence-corrected chi connectivity index (χ3v) is 6.39. The summed E-state index contributed by atoms with van der Waals surface area (Å²) in [5.74, 6) is 2.06. The first-order chi connectivity index (χ1) is 17.0. The van der Waals surface area contributed by atoms with Gasteiger partial charge in [0.05, 0.1) is 13.5 Å². The van der Waals surface area contributed by atoms with Crippen LogP contribution in [0.15, 0.2) is 66.7 Å². The number of aromatic nitrogens is 2. The predicted molar refractivity (Wildman–Crippen MR) is 139 cm³/mol. The molecule has 1 N–H and O–H groups in total. The fourth-order valence-electron chi connectivity index (χ4n) is 3.40. The Morgan fingerprint density at radius 3 is 2.60 bits per heavy atom. The average molecular weight is 528 g/mol. The van der Waals surface area contributed by atoms with Crippen molar-refractivity contribution in [2.75, 3.05) is 13.7 Å². The standard InChI is InChI=1S/C26H23Cl2N3O3S/c1-33-22-4-2-3-18(13-22)14-24-30-26(35-31-24)34-21-9-5-17(6-10-21)15-25(32)29-12-11-19-7-8-20(27)16-23(19)28/h2-10,13,16H,11-12,14-15H2,1H3,(H,29,32). The van der Waals surface area contributed by atoms with E-state index >= 15 is 0 Å². The van der Waals surface area contributed by atoms with Crippen molar-refractivity contribution in [3.63, 3.8) is 0 Å². The number of halogens is 2. The third kappa shape index (κ3) is 7.42. The molecule has 0 aliphatic heterocycles. The lowest BCUT2D eigenvalue weighted by molar-refractivity contribution is -0.120. The maximum absolute atomic E-state index is 12.3. The van der Waals surface area contributed by atoms with Crippen molar-refractivity contribution in [1.82, 2.24) is 14.7 Å². The van der Waals surface area contributed by atoms with Gasteiger partial charge in [0.15, 0.2) is 5.82 Å². The largest absolute Gasteiger partial charge is 0.497 e. The van der Waals surface area contributed by atoms with E-state index in [2.05, 4.69) is 14.7 Å². The van der Waals surface area contributed by atoms with Crippen LogP contribution in [0.2, 0.25) is 10.0 Å². The average Bonchev–Trinajstić information content (AvgIpc) is 3.28. The molecule has 1 heterocycles. The van der Waals surface area contributed by atoms with E-state index in [1.807, 2.05) is 54.6 Å². The molecule has 180 valence electrons. The second-order valence-electron chi connectivity index (χ2n) is 7.76. The molecule has 4 aromatic rings. The quantitative estimate of drug-likeness (QED) is 0.268. The number of hydrogen-bond acceptors (Lipinski definition) is 6. The Hall–Kier alpha value is -3.13. The first kappa shape index (κ1) is 25.0. The normalized spacial score (nSPS) is 10.7. The molecule has 0 bridgehead atoms. The van der Waals surface area contributed by atoms with Gasteiger partial charge in [-0.1, -0.05) is 53.5 Å². The number of ether oxygens (including phenoxy) is 2. The van der Waals surface area contributed by atoms with Gasteiger partial charge < -0.3 is 14.8 Å². The summed E-state index contributed by atoms with van der Waals surface area (Å²) < 4.78 is 15.5. The van der Waals surface area contributed by atoms with Crippen LogP contribution < -0.4 is 14.8 Å². The Morgan fingerprint density at radius 2 is 1.83 bits per heavy atom. The smallest absolute Gasteiger partial charge is 0.298 e. The van der Waals surface area contributed by atoms with Crippen molar-refractivity contribution in [2.45, 2.75) is 19.3 Å². The molecule has 6 nitrogen and oxygen atoms in total. The summed E-state index contributed by atoms with van der Waals surface area (Å²) in [7, 11) is 1.64. The molecule has 0 saturated carbocycles. The van der Waals surface area contributed by atoms with E-state index in [1.54, 1.807) is 19.2 Å². The van der Waals surface area contributed by atoms with Gasteiger partial charge in [-0.2, -0.15) is 9.36 Å². The highest BCUT2D eigenvalue weighted by molar-refractivity contribution is 7.07. The van der Waals surface area contributed by atoms with Crippen LogP contribution in [-0.4, -0.2) is 28.9 Å². The van der Waals surface area contributed by atoms with Crippen LogP contribution in [-0.2, 0) is 24.1 Å². The Morgan fingerprint density at radius 1 is 1.00 bits per heavy atom. The van der Waals surface area contributed by atoms with Gasteiger partial charge in [-0.15, -0.1) is 0 Å². The molecule has 0 spiro atoms. The Bertz CT molecular complexity index is 1300. The summed E-state index contributed by atoms with van der Waals surface area (Å²) in [6.07, 6.45) is 1.50. The summed E-state index contributed by atoms with van der Waals surface area (Å²) in [6.45, 7) is 0.497. The van der Waals surface area contributed by atoms with E-state index < -0.39 is 0 Å². The molecule has 1 aromatic heterocycles. The van der Waals surface area contributed by atoms with Gasteiger partial charge in [0.25, 0.3) is 5.19 Å². The fraction of sp³-hybridized carbons (Fsp3) is 0.192. The van der Waals surface area contributed by atoms with Crippen LogP contribution in [0.4, 0.5) is 0 Å². The number of benzene rings is 3. The molecule has 0 saturated heterocycles. The van der Waals surface area contributed by atoms with Crippen molar-refractivity contribution >= 4 is 40.6 Å². The van der Waals surface area contributed by atoms with E-state index in [-0.39, 0.29) is 12.3 Å². The summed E-state index contributed by atoms with van der Waals surface area (Å²) in [5, 5.41) is 4.58. The lowest BCUT2D eigenvalue weighted by atomic mass is 10.1. The molecule has 0 fully saturated rings. The summed E-state index contributed by atoms with van der Waals surface area (Å²) in [6, 6.07) is 20.5. The van der Waals surface area contributed by atoms with Crippen molar-refractivity contribution in [3.05, 3.63) is 99.3 Å². The topological polar surface area (TPSA) is 73.3 Å². The van der Waals surface area contributed by atoms with Crippen LogP contribution in [0.25, 0.3) is 0 Å². The minimum absolute atomic E-state index is 0.0601. The molecular formula is C26H23Cl2N3O3S. The number of nitrogens with zero attached hydrogens (tertiary/aromatic N) is 2. The number of hydrogen-bond donors (Lipinski definition) is 1. The highest BCUT2D eigenvalue weighted by Crippen LogP contribution is 2.25. The maximum Gasteiger partial charge on any atom is 0.298 e. The van der Waals surface area contributed by atoms with Crippen molar-refractivity contribution in [2.24, 2.45) is 0 Å². The molecule has 0 aliphatic carbocycles. The van der Waals surface area contributed by atoms with Gasteiger partial charge in [-0.25, -0.2) is 0 Å². The van der Waals surface area contributed by atoms with E-state index in [0.717, 1.165) is 22.4 Å². The van der Waals surface area contributed by atoms with Gasteiger partial charge >= 0.3 is 0 Å². The van der Waals surface area contributed by atoms with Crippen LogP contribution in [0.3, 0.4) is 0 Å². The second kappa shape index (κ2) is 12.0. The zero-order valence-electron chi connectivity index (χ0n) is 19.0. The van der Waals surface area contributed by atoms with Crippen molar-refractivity contribution in [1.29, 1.82) is 0 Å². The first-order valence-corrected chi connectivity index (χ1v) is 12.4. The van der Waals surface area contributed by atoms with E-state index in [9.17, 15) is 4.79 Å². The Kier molecular flexibility index (Phi) is 8.58. The number of carbonyl (C=O) groups is 1. The number of carbonyl (C=O) groups excluding carboxylic acids is 1. The number of amides is 1. The minimum atomic E-state index is -0.0601. The van der Waals surface area contributed by atoms with Crippen molar-refractivity contribution in [3.8, 4) is 16.7 Å². The summed E-state index contributed by atoms with van der Waals surface area (Å²) in [5.41, 5.74) is 2.89. The molecule has 0 atom stereocenters. The van der Waals surface area contributed by atoms with Gasteiger partial charge in [0.1, 0.15) is 11.5 Å². The zero-order chi connectivity index (χ0) is 24.6. The summed E-state index contributed by atoms with van der Waals surface area (Å²) >= 11 is 13.3. The van der Waals surface area contributed by atoms with Gasteiger partial charge in [-0.3, -0.25) is 4.79 Å². The molecule has 0 unspecified atom stereocenters. The fourth-order valence-corrected chi connectivity index (χ4v) is 4.47. The highest BCUT2D eigenvalue weighted by atomic mass is 35.5. The lowest BCUT2D eigenvalue weighted by Crippen LogP contribution is -2.27. The molecule has 3 aromatic carbocycles. The number of nitrogens with one attached hydrogen (secondary N) is 1. The Labute approximate surface area is 218 Å². The number of rotatable bonds is 10. The molecule has 35 heavy (non-hydrogen) atoms. The van der Waals surface area contributed by atoms with Crippen molar-refractivity contribution < 1.29 is 14.3 Å². The lowest BCUT2D eigenvalue weighted by Gasteiger charge is -2.08. The third-order valence-electron chi connectivity index (χ3n) is 5.17. The van der Waals surface area contributed by atoms with Crippen LogP contribution in [0.5, 0.6) is 16.7 Å². The monoisotopic (exact) mass is 527 g/mol. The SMILES string of the molecule is COc1cccc(Cc2nsc(Oc3ccc(CC(=O)NCCc4ccc(Cl)cc4Cl)cc3)n2)c1. The van der Waals surface area contributed by atoms with Crippen LogP contribution in [0.1, 0.15) is 22.5 Å². The maximum atomic E-state index is 12.3. The van der Waals surface area contributed by atoms with Gasteiger partial charge in [0.2, 0.25) is 5.91 Å². The van der Waals surface area contributed by atoms with Gasteiger partial charge in [-0.05, 0) is 59.5 Å². The van der Waals surface area contributed by atoms with E-state index in [4.69, 9.17) is 32.7 Å². The van der Waals surface area contributed by atoms with Crippen LogP contribution >= 0.6 is 34.7 Å². The molecule has 1 amide bonds. The highest BCUT2D eigenvalue weighted by Gasteiger charge is 2.09. The second-order valence-corrected chi connectivity index (χ2v) is 9.32. The van der Waals surface area contributed by atoms with Gasteiger partial charge in [0, 0.05) is 34.5 Å². The molecule has 0 radical (unpaired) electrons. The Balaban J connectivity index is 1.24. The molecular weight excluding hydrogens is 505 g/mol.